The molecule has 1 aromatic carbocycles. The van der Waals surface area contributed by atoms with Crippen molar-refractivity contribution in [3.63, 3.8) is 0 Å². The Balaban J connectivity index is 2.86. The van der Waals surface area contributed by atoms with Gasteiger partial charge in [-0.05, 0) is 25.8 Å². The maximum Gasteiger partial charge on any atom is 0.309 e. The Morgan fingerprint density at radius 2 is 1.65 bits per heavy atom. The number of hydrogen-bond donors (Lipinski definition) is 1. The summed E-state index contributed by atoms with van der Waals surface area (Å²) >= 11 is 0. The molecule has 0 bridgehead atoms. The van der Waals surface area contributed by atoms with E-state index in [2.05, 4.69) is 43.9 Å². The number of carbonyl (C=O) groups is 1. The molecule has 0 spiro atoms. The second-order valence-corrected chi connectivity index (χ2v) is 11.4. The lowest BCUT2D eigenvalue weighted by molar-refractivity contribution is -0.146. The first-order chi connectivity index (χ1) is 7.63. The second-order valence-electron chi connectivity index (χ2n) is 6.31. The van der Waals surface area contributed by atoms with Gasteiger partial charge in [0.05, 0.1) is 13.5 Å². The van der Waals surface area contributed by atoms with Crippen LogP contribution in [-0.4, -0.2) is 19.1 Å². The Bertz CT molecular complexity index is 399. The predicted octanol–water partition coefficient (Wildman–Crippen LogP) is 2.89. The van der Waals surface area contributed by atoms with E-state index in [1.807, 2.05) is 0 Å². The molecule has 0 unspecified atom stereocenters. The molecule has 0 radical (unpaired) electrons. The zero-order valence-electron chi connectivity index (χ0n) is 11.4. The van der Waals surface area contributed by atoms with Crippen LogP contribution in [0.25, 0.3) is 0 Å². The molecule has 0 aliphatic carbocycles. The second kappa shape index (κ2) is 4.65. The standard InChI is InChI=1S/C14H22O2Si/c1-14(2,13(15)16)10-11-6-8-12(9-7-11)17(3,4)5/h6-9H,10H2,1-5H3,(H,15,16). The van der Waals surface area contributed by atoms with Crippen LogP contribution in [0.3, 0.4) is 0 Å². The summed E-state index contributed by atoms with van der Waals surface area (Å²) in [5, 5.41) is 10.5. The highest BCUT2D eigenvalue weighted by Crippen LogP contribution is 2.21. The van der Waals surface area contributed by atoms with Crippen LogP contribution in [0.5, 0.6) is 0 Å². The zero-order chi connectivity index (χ0) is 13.3. The number of aliphatic carboxylic acids is 1. The lowest BCUT2D eigenvalue weighted by Gasteiger charge is -2.20. The quantitative estimate of drug-likeness (QED) is 0.834. The molecular formula is C14H22O2Si. The van der Waals surface area contributed by atoms with Crippen LogP contribution in [0, 0.1) is 5.41 Å². The van der Waals surface area contributed by atoms with Gasteiger partial charge in [-0.1, -0.05) is 49.1 Å². The van der Waals surface area contributed by atoms with Gasteiger partial charge in [0.25, 0.3) is 0 Å². The Labute approximate surface area is 105 Å². The van der Waals surface area contributed by atoms with E-state index in [9.17, 15) is 4.79 Å². The van der Waals surface area contributed by atoms with Crippen molar-refractivity contribution < 1.29 is 9.90 Å². The van der Waals surface area contributed by atoms with Crippen molar-refractivity contribution >= 4 is 19.2 Å². The van der Waals surface area contributed by atoms with Crippen molar-refractivity contribution in [2.45, 2.75) is 39.9 Å². The van der Waals surface area contributed by atoms with Crippen molar-refractivity contribution in [2.75, 3.05) is 0 Å². The molecule has 3 heteroatoms. The summed E-state index contributed by atoms with van der Waals surface area (Å²) < 4.78 is 0. The summed E-state index contributed by atoms with van der Waals surface area (Å²) in [5.74, 6) is -0.744. The fourth-order valence-corrected chi connectivity index (χ4v) is 2.88. The van der Waals surface area contributed by atoms with E-state index in [1.165, 1.54) is 5.19 Å². The van der Waals surface area contributed by atoms with E-state index in [1.54, 1.807) is 13.8 Å². The first kappa shape index (κ1) is 14.0. The van der Waals surface area contributed by atoms with Crippen molar-refractivity contribution in [3.8, 4) is 0 Å². The predicted molar refractivity (Wildman–Crippen MR) is 74.5 cm³/mol. The molecule has 0 aromatic heterocycles. The molecule has 1 aromatic rings. The maximum atomic E-state index is 11.1. The Morgan fingerprint density at radius 1 is 1.18 bits per heavy atom. The molecule has 0 heterocycles. The van der Waals surface area contributed by atoms with E-state index in [0.717, 1.165) is 5.56 Å². The molecule has 1 rings (SSSR count). The SMILES string of the molecule is CC(C)(Cc1ccc([Si](C)(C)C)cc1)C(=O)O. The van der Waals surface area contributed by atoms with Crippen molar-refractivity contribution in [1.82, 2.24) is 0 Å². The first-order valence-corrected chi connectivity index (χ1v) is 9.46. The Kier molecular flexibility index (Phi) is 3.82. The maximum absolute atomic E-state index is 11.1. The minimum Gasteiger partial charge on any atom is -0.481 e. The van der Waals surface area contributed by atoms with E-state index < -0.39 is 19.5 Å². The Hall–Kier alpha value is -1.09. The van der Waals surface area contributed by atoms with E-state index in [-0.39, 0.29) is 0 Å². The van der Waals surface area contributed by atoms with Gasteiger partial charge in [-0.15, -0.1) is 0 Å². The van der Waals surface area contributed by atoms with Crippen molar-refractivity contribution in [1.29, 1.82) is 0 Å². The highest BCUT2D eigenvalue weighted by molar-refractivity contribution is 6.88. The van der Waals surface area contributed by atoms with Crippen LogP contribution in [0.1, 0.15) is 19.4 Å². The number of rotatable bonds is 4. The fraction of sp³-hybridized carbons (Fsp3) is 0.500. The first-order valence-electron chi connectivity index (χ1n) is 5.96. The summed E-state index contributed by atoms with van der Waals surface area (Å²) in [5.41, 5.74) is 0.403. The molecule has 94 valence electrons. The van der Waals surface area contributed by atoms with Crippen LogP contribution in [0.4, 0.5) is 0 Å². The summed E-state index contributed by atoms with van der Waals surface area (Å²) in [7, 11) is -1.25. The van der Waals surface area contributed by atoms with Crippen LogP contribution in [-0.2, 0) is 11.2 Å². The molecule has 0 aliphatic rings. The number of carboxylic acid groups (broad SMARTS) is 1. The molecule has 2 nitrogen and oxygen atoms in total. The minimum absolute atomic E-state index is 0.578. The summed E-state index contributed by atoms with van der Waals surface area (Å²) in [6.07, 6.45) is 0.578. The smallest absolute Gasteiger partial charge is 0.309 e. The van der Waals surface area contributed by atoms with Gasteiger partial charge in [0, 0.05) is 0 Å². The Morgan fingerprint density at radius 3 is 2.00 bits per heavy atom. The third-order valence-corrected chi connectivity index (χ3v) is 5.11. The van der Waals surface area contributed by atoms with Gasteiger partial charge in [0.1, 0.15) is 0 Å². The van der Waals surface area contributed by atoms with Crippen molar-refractivity contribution in [3.05, 3.63) is 29.8 Å². The third-order valence-electron chi connectivity index (χ3n) is 3.04. The van der Waals surface area contributed by atoms with Crippen LogP contribution in [0.2, 0.25) is 19.6 Å². The molecule has 0 fully saturated rings. The van der Waals surface area contributed by atoms with Gasteiger partial charge in [-0.3, -0.25) is 4.79 Å². The minimum atomic E-state index is -1.25. The normalized spacial score (nSPS) is 12.5. The van der Waals surface area contributed by atoms with Gasteiger partial charge < -0.3 is 5.11 Å². The third kappa shape index (κ3) is 3.70. The van der Waals surface area contributed by atoms with Gasteiger partial charge in [0.2, 0.25) is 0 Å². The van der Waals surface area contributed by atoms with Gasteiger partial charge >= 0.3 is 5.97 Å². The number of carboxylic acids is 1. The monoisotopic (exact) mass is 250 g/mol. The van der Waals surface area contributed by atoms with Crippen LogP contribution >= 0.6 is 0 Å². The molecule has 0 saturated carbocycles. The highest BCUT2D eigenvalue weighted by Gasteiger charge is 2.27. The lowest BCUT2D eigenvalue weighted by atomic mass is 9.86. The number of benzene rings is 1. The zero-order valence-corrected chi connectivity index (χ0v) is 12.4. The molecule has 17 heavy (non-hydrogen) atoms. The van der Waals surface area contributed by atoms with Gasteiger partial charge in [0.15, 0.2) is 0 Å². The van der Waals surface area contributed by atoms with E-state index >= 15 is 0 Å². The van der Waals surface area contributed by atoms with Gasteiger partial charge in [-0.2, -0.15) is 0 Å². The fourth-order valence-electron chi connectivity index (χ4n) is 1.71. The largest absolute Gasteiger partial charge is 0.481 e. The average Bonchev–Trinajstić information content (AvgIpc) is 2.16. The summed E-state index contributed by atoms with van der Waals surface area (Å²) in [4.78, 5) is 11.1. The van der Waals surface area contributed by atoms with Gasteiger partial charge in [-0.25, -0.2) is 0 Å². The highest BCUT2D eigenvalue weighted by atomic mass is 28.3. The molecule has 0 aliphatic heterocycles. The lowest BCUT2D eigenvalue weighted by Crippen LogP contribution is -2.37. The summed E-state index contributed by atoms with van der Waals surface area (Å²) in [6.45, 7) is 10.5. The van der Waals surface area contributed by atoms with Crippen LogP contribution < -0.4 is 5.19 Å². The topological polar surface area (TPSA) is 37.3 Å². The van der Waals surface area contributed by atoms with E-state index in [4.69, 9.17) is 5.11 Å². The van der Waals surface area contributed by atoms with E-state index in [0.29, 0.717) is 6.42 Å². The van der Waals surface area contributed by atoms with Crippen LogP contribution in [0.15, 0.2) is 24.3 Å². The molecule has 0 saturated heterocycles. The number of hydrogen-bond acceptors (Lipinski definition) is 1. The molecule has 0 atom stereocenters. The molecular weight excluding hydrogens is 228 g/mol. The molecule has 1 N–H and O–H groups in total. The van der Waals surface area contributed by atoms with Crippen molar-refractivity contribution in [2.24, 2.45) is 5.41 Å². The average molecular weight is 250 g/mol. The summed E-state index contributed by atoms with van der Waals surface area (Å²) in [6, 6.07) is 8.44. The molecule has 0 amide bonds.